The monoisotopic (exact) mass is 823 g/mol. The number of hydrogen-bond acceptors (Lipinski definition) is 15. The van der Waals surface area contributed by atoms with Crippen molar-refractivity contribution in [1.82, 2.24) is 19.5 Å². The number of phosphoric ester groups is 2. The topological polar surface area (TPSA) is 232 Å². The van der Waals surface area contributed by atoms with E-state index in [0.717, 1.165) is 17.4 Å². The van der Waals surface area contributed by atoms with E-state index in [9.17, 15) is 28.4 Å². The molecule has 0 saturated carbocycles. The Kier molecular flexibility index (Phi) is 11.6. The molecule has 5 aromatic rings. The van der Waals surface area contributed by atoms with Crippen molar-refractivity contribution in [3.05, 3.63) is 84.7 Å². The smallest absolute Gasteiger partial charge is 0.404 e. The zero-order chi connectivity index (χ0) is 38.1. The van der Waals surface area contributed by atoms with Crippen molar-refractivity contribution in [3.63, 3.8) is 0 Å². The fourth-order valence-corrected chi connectivity index (χ4v) is 9.91. The molecule has 2 fully saturated rings. The van der Waals surface area contributed by atoms with Crippen molar-refractivity contribution in [1.29, 1.82) is 0 Å². The molecule has 2 aromatic heterocycles. The van der Waals surface area contributed by atoms with Gasteiger partial charge in [0.05, 0.1) is 12.9 Å². The Hall–Kier alpha value is -3.25. The first-order chi connectivity index (χ1) is 25.8. The second kappa shape index (κ2) is 16.1. The van der Waals surface area contributed by atoms with Crippen LogP contribution in [0, 0.1) is 0 Å². The molecule has 3 aromatic carbocycles. The fraction of sp³-hybridized carbons (Fsp3) is 0.344. The van der Waals surface area contributed by atoms with E-state index in [1.807, 2.05) is 43.5 Å². The zero-order valence-corrected chi connectivity index (χ0v) is 32.2. The Morgan fingerprint density at radius 2 is 1.59 bits per heavy atom. The van der Waals surface area contributed by atoms with Gasteiger partial charge in [0.15, 0.2) is 34.7 Å². The molecule has 4 heterocycles. The number of ether oxygens (including phenoxy) is 3. The maximum Gasteiger partial charge on any atom is 0.536 e. The number of anilines is 1. The summed E-state index contributed by atoms with van der Waals surface area (Å²) in [6, 6.07) is 20.8. The van der Waals surface area contributed by atoms with Gasteiger partial charge in [-0.3, -0.25) is 14.0 Å². The third-order valence-corrected chi connectivity index (χ3v) is 13.1. The number of rotatable bonds is 16. The van der Waals surface area contributed by atoms with Crippen molar-refractivity contribution in [2.24, 2.45) is 0 Å². The van der Waals surface area contributed by atoms with Gasteiger partial charge in [0, 0.05) is 13.0 Å². The Labute approximate surface area is 312 Å². The molecule has 2 saturated heterocycles. The van der Waals surface area contributed by atoms with Gasteiger partial charge in [0.1, 0.15) is 24.1 Å². The van der Waals surface area contributed by atoms with Crippen LogP contribution in [-0.4, -0.2) is 78.2 Å². The minimum atomic E-state index is -5.76. The van der Waals surface area contributed by atoms with Gasteiger partial charge in [-0.1, -0.05) is 79.3 Å². The molecule has 0 bridgehead atoms. The van der Waals surface area contributed by atoms with Gasteiger partial charge in [-0.15, -0.1) is 0 Å². The molecule has 22 heteroatoms. The highest BCUT2D eigenvalue weighted by Gasteiger charge is 2.55. The minimum Gasteiger partial charge on any atom is -0.404 e. The van der Waals surface area contributed by atoms with Crippen molar-refractivity contribution >= 4 is 63.0 Å². The Morgan fingerprint density at radius 1 is 0.870 bits per heavy atom. The van der Waals surface area contributed by atoms with Crippen molar-refractivity contribution in [2.75, 3.05) is 24.7 Å². The van der Waals surface area contributed by atoms with Crippen LogP contribution in [0.3, 0.4) is 0 Å². The number of phosphoric acid groups is 3. The predicted octanol–water partition coefficient (Wildman–Crippen LogP) is 6.20. The van der Waals surface area contributed by atoms with Crippen LogP contribution in [-0.2, 0) is 47.5 Å². The number of thioether (sulfide) groups is 1. The lowest BCUT2D eigenvalue weighted by Crippen LogP contribution is -2.31. The quantitative estimate of drug-likeness (QED) is 0.0492. The molecule has 0 aliphatic carbocycles. The van der Waals surface area contributed by atoms with Gasteiger partial charge >= 0.3 is 23.5 Å². The molecule has 0 amide bonds. The van der Waals surface area contributed by atoms with Crippen molar-refractivity contribution in [3.8, 4) is 5.75 Å². The van der Waals surface area contributed by atoms with Crippen LogP contribution in [0.1, 0.15) is 25.1 Å². The number of fused-ring (bicyclic) bond motifs is 3. The number of nitrogens with zero attached hydrogens (tertiary/aromatic N) is 4. The number of aromatic nitrogens is 4. The van der Waals surface area contributed by atoms with Crippen molar-refractivity contribution in [2.45, 2.75) is 55.8 Å². The summed E-state index contributed by atoms with van der Waals surface area (Å²) in [4.78, 5) is 44.7. The molecule has 8 unspecified atom stereocenters. The van der Waals surface area contributed by atoms with E-state index >= 15 is 0 Å². The van der Waals surface area contributed by atoms with Crippen LogP contribution >= 0.6 is 35.2 Å². The predicted molar refractivity (Wildman–Crippen MR) is 196 cm³/mol. The van der Waals surface area contributed by atoms with Gasteiger partial charge in [0.25, 0.3) is 0 Å². The normalized spacial score (nSPS) is 24.5. The van der Waals surface area contributed by atoms with E-state index in [1.54, 1.807) is 34.9 Å². The van der Waals surface area contributed by atoms with Crippen LogP contribution in [0.5, 0.6) is 5.75 Å². The second-order valence-electron chi connectivity index (χ2n) is 12.2. The van der Waals surface area contributed by atoms with E-state index in [-0.39, 0.29) is 5.75 Å². The largest absolute Gasteiger partial charge is 0.536 e. The SMILES string of the molecule is CCCNc1nc(SC)nc2c1ncn2C1OC(COP(=O)(O)OP(=O)(O)OP(=O)(O)Oc2ccc3ccccc3c2)C2OC(Cc3ccccc3)OC21. The molecule has 0 radical (unpaired) electrons. The summed E-state index contributed by atoms with van der Waals surface area (Å²) in [6.45, 7) is 1.96. The van der Waals surface area contributed by atoms with Crippen LogP contribution < -0.4 is 9.84 Å². The lowest BCUT2D eigenvalue weighted by Gasteiger charge is -2.22. The molecule has 4 N–H and O–H groups in total. The Bertz CT molecular complexity index is 2270. The Morgan fingerprint density at radius 3 is 2.35 bits per heavy atom. The van der Waals surface area contributed by atoms with Gasteiger partial charge < -0.3 is 33.8 Å². The first-order valence-corrected chi connectivity index (χ1v) is 22.3. The molecule has 8 atom stereocenters. The number of benzene rings is 3. The first kappa shape index (κ1) is 39.0. The molecule has 2 aliphatic heterocycles. The highest BCUT2D eigenvalue weighted by molar-refractivity contribution is 7.98. The van der Waals surface area contributed by atoms with Crippen molar-refractivity contribution < 1.29 is 60.3 Å². The molecule has 288 valence electrons. The summed E-state index contributed by atoms with van der Waals surface area (Å²) >= 11 is 1.34. The summed E-state index contributed by atoms with van der Waals surface area (Å²) in [5, 5.41) is 5.18. The maximum absolute atomic E-state index is 13.0. The second-order valence-corrected chi connectivity index (χ2v) is 17.5. The van der Waals surface area contributed by atoms with E-state index in [0.29, 0.717) is 40.5 Å². The number of nitrogens with one attached hydrogen (secondary N) is 1. The first-order valence-electron chi connectivity index (χ1n) is 16.6. The lowest BCUT2D eigenvalue weighted by atomic mass is 10.1. The van der Waals surface area contributed by atoms with Gasteiger partial charge in [0.2, 0.25) is 0 Å². The highest BCUT2D eigenvalue weighted by atomic mass is 32.2. The highest BCUT2D eigenvalue weighted by Crippen LogP contribution is 2.67. The third kappa shape index (κ3) is 9.06. The lowest BCUT2D eigenvalue weighted by molar-refractivity contribution is -0.149. The molecule has 0 spiro atoms. The Balaban J connectivity index is 1.07. The van der Waals surface area contributed by atoms with Crippen LogP contribution in [0.2, 0.25) is 0 Å². The van der Waals surface area contributed by atoms with Gasteiger partial charge in [-0.05, 0) is 41.1 Å². The fourth-order valence-electron chi connectivity index (χ4n) is 6.04. The molecule has 7 rings (SSSR count). The summed E-state index contributed by atoms with van der Waals surface area (Å²) in [6.07, 6.45) is 0.164. The molecule has 18 nitrogen and oxygen atoms in total. The average molecular weight is 824 g/mol. The average Bonchev–Trinajstić information content (AvgIpc) is 3.82. The summed E-state index contributed by atoms with van der Waals surface area (Å²) in [5.74, 6) is 0.360. The summed E-state index contributed by atoms with van der Waals surface area (Å²) < 4.78 is 77.5. The van der Waals surface area contributed by atoms with Crippen LogP contribution in [0.25, 0.3) is 21.9 Å². The summed E-state index contributed by atoms with van der Waals surface area (Å²) in [5.41, 5.74) is 1.85. The van der Waals surface area contributed by atoms with Crippen LogP contribution in [0.4, 0.5) is 5.82 Å². The summed E-state index contributed by atoms with van der Waals surface area (Å²) in [7, 11) is -16.6. The van der Waals surface area contributed by atoms with E-state index in [1.165, 1.54) is 30.2 Å². The number of imidazole rings is 1. The third-order valence-electron chi connectivity index (χ3n) is 8.30. The molecular weight excluding hydrogens is 787 g/mol. The standard InChI is InChI=1S/C32H36N5O13P3S/c1-3-15-33-29-26-30(36-32(35-29)54-2)37(19-34-26)31-28-27(46-25(47-28)16-20-9-5-4-6-10-20)24(45-31)18-44-51(38,39)49-53(42,43)50-52(40,41)48-23-14-13-21-11-7-8-12-22(21)17-23/h4-14,17,19,24-25,27-28,31H,3,15-16,18H2,1-2H3,(H,38,39)(H,40,41)(H,42,43)(H,33,35,36). The zero-order valence-electron chi connectivity index (χ0n) is 28.7. The molecule has 54 heavy (non-hydrogen) atoms. The number of hydrogen-bond donors (Lipinski definition) is 4. The van der Waals surface area contributed by atoms with Crippen LogP contribution in [0.15, 0.2) is 84.3 Å². The molecule has 2 aliphatic rings. The van der Waals surface area contributed by atoms with E-state index < -0.39 is 60.9 Å². The van der Waals surface area contributed by atoms with Gasteiger partial charge in [-0.25, -0.2) is 28.6 Å². The molecular formula is C32H36N5O13P3S. The minimum absolute atomic E-state index is 0.176. The van der Waals surface area contributed by atoms with E-state index in [4.69, 9.17) is 23.3 Å². The van der Waals surface area contributed by atoms with Gasteiger partial charge in [-0.2, -0.15) is 8.62 Å². The van der Waals surface area contributed by atoms with E-state index in [2.05, 4.69) is 28.9 Å². The maximum atomic E-state index is 13.0.